The van der Waals surface area contributed by atoms with E-state index in [1.807, 2.05) is 0 Å². The van der Waals surface area contributed by atoms with Crippen molar-refractivity contribution in [1.29, 1.82) is 0 Å². The Morgan fingerprint density at radius 3 is 2.87 bits per heavy atom. The summed E-state index contributed by atoms with van der Waals surface area (Å²) in [5.41, 5.74) is 1.87. The van der Waals surface area contributed by atoms with Crippen molar-refractivity contribution in [1.82, 2.24) is 20.8 Å². The van der Waals surface area contributed by atoms with Gasteiger partial charge in [0.2, 0.25) is 0 Å². The number of aryl methyl sites for hydroxylation is 1. The molecule has 0 radical (unpaired) electrons. The molecule has 1 aliphatic rings. The Morgan fingerprint density at radius 1 is 1.35 bits per heavy atom. The van der Waals surface area contributed by atoms with Crippen LogP contribution in [0.2, 0.25) is 0 Å². The lowest BCUT2D eigenvalue weighted by Gasteiger charge is -2.33. The van der Waals surface area contributed by atoms with Crippen LogP contribution in [0.3, 0.4) is 0 Å². The highest BCUT2D eigenvalue weighted by molar-refractivity contribution is 5.95. The average Bonchev–Trinajstić information content (AvgIpc) is 2.97. The number of H-pyrrole nitrogens is 1. The molecular formula is C16H18F2N4O. The van der Waals surface area contributed by atoms with E-state index in [4.69, 9.17) is 0 Å². The Labute approximate surface area is 132 Å². The summed E-state index contributed by atoms with van der Waals surface area (Å²) in [7, 11) is 0. The predicted molar refractivity (Wildman–Crippen MR) is 81.2 cm³/mol. The highest BCUT2D eigenvalue weighted by Gasteiger charge is 2.29. The molecule has 1 amide bonds. The van der Waals surface area contributed by atoms with E-state index in [1.165, 1.54) is 12.3 Å². The Balaban J connectivity index is 1.80. The molecule has 1 fully saturated rings. The lowest BCUT2D eigenvalue weighted by Crippen LogP contribution is -2.50. The summed E-state index contributed by atoms with van der Waals surface area (Å²) in [4.78, 5) is 12.4. The van der Waals surface area contributed by atoms with Gasteiger partial charge in [0.05, 0.1) is 11.8 Å². The minimum Gasteiger partial charge on any atom is -0.347 e. The lowest BCUT2D eigenvalue weighted by atomic mass is 9.86. The third-order valence-corrected chi connectivity index (χ3v) is 4.24. The number of hydrogen-bond donors (Lipinski definition) is 3. The third kappa shape index (κ3) is 3.24. The number of rotatable bonds is 3. The zero-order valence-corrected chi connectivity index (χ0v) is 12.7. The van der Waals surface area contributed by atoms with E-state index in [0.29, 0.717) is 23.4 Å². The SMILES string of the molecule is Cc1[nH]ncc1C(=O)NC1CNCCC1c1ccc(F)c(F)c1. The highest BCUT2D eigenvalue weighted by Crippen LogP contribution is 2.27. The van der Waals surface area contributed by atoms with Gasteiger partial charge in [-0.05, 0) is 37.6 Å². The average molecular weight is 320 g/mol. The Bertz CT molecular complexity index is 716. The third-order valence-electron chi connectivity index (χ3n) is 4.24. The van der Waals surface area contributed by atoms with Gasteiger partial charge in [-0.1, -0.05) is 6.07 Å². The van der Waals surface area contributed by atoms with Crippen LogP contribution in [0, 0.1) is 18.6 Å². The Kier molecular flexibility index (Phi) is 4.38. The zero-order valence-electron chi connectivity index (χ0n) is 12.7. The van der Waals surface area contributed by atoms with Gasteiger partial charge in [-0.15, -0.1) is 0 Å². The number of nitrogens with zero attached hydrogens (tertiary/aromatic N) is 1. The van der Waals surface area contributed by atoms with Gasteiger partial charge in [-0.25, -0.2) is 8.78 Å². The number of aromatic amines is 1. The first-order valence-corrected chi connectivity index (χ1v) is 7.52. The van der Waals surface area contributed by atoms with Crippen molar-refractivity contribution in [3.8, 4) is 0 Å². The summed E-state index contributed by atoms with van der Waals surface area (Å²) < 4.78 is 26.6. The van der Waals surface area contributed by atoms with Crippen molar-refractivity contribution in [2.24, 2.45) is 0 Å². The molecule has 23 heavy (non-hydrogen) atoms. The van der Waals surface area contributed by atoms with Gasteiger partial charge in [0.1, 0.15) is 0 Å². The van der Waals surface area contributed by atoms with Crippen LogP contribution in [0.15, 0.2) is 24.4 Å². The van der Waals surface area contributed by atoms with E-state index in [9.17, 15) is 13.6 Å². The second kappa shape index (κ2) is 6.45. The molecule has 2 unspecified atom stereocenters. The molecule has 1 aromatic carbocycles. The maximum absolute atomic E-state index is 13.5. The number of benzene rings is 1. The molecule has 122 valence electrons. The highest BCUT2D eigenvalue weighted by atomic mass is 19.2. The van der Waals surface area contributed by atoms with Crippen molar-refractivity contribution in [3.63, 3.8) is 0 Å². The number of aromatic nitrogens is 2. The molecule has 3 N–H and O–H groups in total. The van der Waals surface area contributed by atoms with Crippen LogP contribution in [-0.2, 0) is 0 Å². The molecule has 3 rings (SSSR count). The van der Waals surface area contributed by atoms with Crippen LogP contribution in [0.25, 0.3) is 0 Å². The number of carbonyl (C=O) groups is 1. The fourth-order valence-electron chi connectivity index (χ4n) is 2.98. The van der Waals surface area contributed by atoms with Crippen LogP contribution in [0.4, 0.5) is 8.78 Å². The maximum atomic E-state index is 13.5. The molecule has 2 atom stereocenters. The molecule has 0 bridgehead atoms. The van der Waals surface area contributed by atoms with Crippen LogP contribution >= 0.6 is 0 Å². The molecule has 1 aliphatic heterocycles. The minimum atomic E-state index is -0.864. The predicted octanol–water partition coefficient (Wildman–Crippen LogP) is 1.87. The van der Waals surface area contributed by atoms with Crippen molar-refractivity contribution >= 4 is 5.91 Å². The topological polar surface area (TPSA) is 69.8 Å². The first kappa shape index (κ1) is 15.6. The molecule has 0 aliphatic carbocycles. The fourth-order valence-corrected chi connectivity index (χ4v) is 2.98. The smallest absolute Gasteiger partial charge is 0.255 e. The van der Waals surface area contributed by atoms with Crippen molar-refractivity contribution in [3.05, 3.63) is 52.9 Å². The first-order valence-electron chi connectivity index (χ1n) is 7.52. The summed E-state index contributed by atoms with van der Waals surface area (Å²) >= 11 is 0. The fraction of sp³-hybridized carbons (Fsp3) is 0.375. The van der Waals surface area contributed by atoms with Crippen molar-refractivity contribution in [2.45, 2.75) is 25.3 Å². The molecule has 0 spiro atoms. The molecular weight excluding hydrogens is 302 g/mol. The van der Waals surface area contributed by atoms with E-state index >= 15 is 0 Å². The number of halogens is 2. The summed E-state index contributed by atoms with van der Waals surface area (Å²) in [5.74, 6) is -2.02. The first-order chi connectivity index (χ1) is 11.1. The van der Waals surface area contributed by atoms with Crippen molar-refractivity contribution in [2.75, 3.05) is 13.1 Å². The second-order valence-corrected chi connectivity index (χ2v) is 5.76. The number of hydrogen-bond acceptors (Lipinski definition) is 3. The Hall–Kier alpha value is -2.28. The van der Waals surface area contributed by atoms with Gasteiger partial charge in [0.15, 0.2) is 11.6 Å². The van der Waals surface area contributed by atoms with Gasteiger partial charge in [-0.3, -0.25) is 9.89 Å². The van der Waals surface area contributed by atoms with Crippen LogP contribution in [0.1, 0.15) is 34.0 Å². The second-order valence-electron chi connectivity index (χ2n) is 5.76. The number of piperidine rings is 1. The largest absolute Gasteiger partial charge is 0.347 e. The van der Waals surface area contributed by atoms with Crippen molar-refractivity contribution < 1.29 is 13.6 Å². The van der Waals surface area contributed by atoms with Crippen LogP contribution in [-0.4, -0.2) is 35.2 Å². The summed E-state index contributed by atoms with van der Waals surface area (Å²) in [6.07, 6.45) is 2.22. The lowest BCUT2D eigenvalue weighted by molar-refractivity contribution is 0.0924. The zero-order chi connectivity index (χ0) is 16.4. The maximum Gasteiger partial charge on any atom is 0.255 e. The molecule has 0 saturated carbocycles. The summed E-state index contributed by atoms with van der Waals surface area (Å²) in [6.45, 7) is 3.11. The quantitative estimate of drug-likeness (QED) is 0.809. The van der Waals surface area contributed by atoms with E-state index in [-0.39, 0.29) is 17.9 Å². The molecule has 5 nitrogen and oxygen atoms in total. The molecule has 1 aromatic heterocycles. The summed E-state index contributed by atoms with van der Waals surface area (Å²) in [6, 6.07) is 3.73. The van der Waals surface area contributed by atoms with E-state index in [2.05, 4.69) is 20.8 Å². The molecule has 2 heterocycles. The van der Waals surface area contributed by atoms with Gasteiger partial charge in [-0.2, -0.15) is 5.10 Å². The number of amides is 1. The molecule has 7 heteroatoms. The van der Waals surface area contributed by atoms with E-state index < -0.39 is 11.6 Å². The Morgan fingerprint density at radius 2 is 2.17 bits per heavy atom. The van der Waals surface area contributed by atoms with Gasteiger partial charge >= 0.3 is 0 Å². The molecule has 1 saturated heterocycles. The summed E-state index contributed by atoms with van der Waals surface area (Å²) in [5, 5.41) is 12.8. The minimum absolute atomic E-state index is 0.0671. The van der Waals surface area contributed by atoms with E-state index in [1.54, 1.807) is 13.0 Å². The van der Waals surface area contributed by atoms with Gasteiger partial charge in [0.25, 0.3) is 5.91 Å². The standard InChI is InChI=1S/C16H18F2N4O/c1-9-12(7-20-22-9)16(23)21-15-8-19-5-4-11(15)10-2-3-13(17)14(18)6-10/h2-3,6-7,11,15,19H,4-5,8H2,1H3,(H,20,22)(H,21,23). The van der Waals surface area contributed by atoms with Gasteiger partial charge < -0.3 is 10.6 Å². The number of carbonyl (C=O) groups excluding carboxylic acids is 1. The van der Waals surface area contributed by atoms with Crippen LogP contribution < -0.4 is 10.6 Å². The molecule has 2 aromatic rings. The normalized spacial score (nSPS) is 21.2. The van der Waals surface area contributed by atoms with Crippen LogP contribution in [0.5, 0.6) is 0 Å². The van der Waals surface area contributed by atoms with E-state index in [0.717, 1.165) is 19.0 Å². The number of nitrogens with one attached hydrogen (secondary N) is 3. The van der Waals surface area contributed by atoms with Gasteiger partial charge in [0, 0.05) is 24.2 Å². The monoisotopic (exact) mass is 320 g/mol.